The van der Waals surface area contributed by atoms with Crippen molar-refractivity contribution >= 4 is 40.7 Å². The Labute approximate surface area is 160 Å². The minimum absolute atomic E-state index is 0.132. The lowest BCUT2D eigenvalue weighted by molar-refractivity contribution is -0.144. The standard InChI is InChI=1S/C18H20N2O4S2/c1-12(2)24-18(22)11-25-10-17(21)20-14(16-6-4-8-26-16)9-13(19-20)15-5-3-7-23-15/h3-8,12,14H,9-11H2,1-2H3. The summed E-state index contributed by atoms with van der Waals surface area (Å²) >= 11 is 2.84. The van der Waals surface area contributed by atoms with E-state index in [0.717, 1.165) is 10.6 Å². The van der Waals surface area contributed by atoms with Gasteiger partial charge in [0.15, 0.2) is 0 Å². The van der Waals surface area contributed by atoms with Gasteiger partial charge in [-0.1, -0.05) is 6.07 Å². The number of thioether (sulfide) groups is 1. The van der Waals surface area contributed by atoms with Crippen molar-refractivity contribution in [3.8, 4) is 0 Å². The second kappa shape index (κ2) is 8.55. The van der Waals surface area contributed by atoms with Gasteiger partial charge >= 0.3 is 5.97 Å². The van der Waals surface area contributed by atoms with E-state index in [2.05, 4.69) is 5.10 Å². The molecule has 0 N–H and O–H groups in total. The Hall–Kier alpha value is -2.06. The highest BCUT2D eigenvalue weighted by Crippen LogP contribution is 2.35. The number of hydrogen-bond donors (Lipinski definition) is 0. The normalized spacial score (nSPS) is 16.8. The molecule has 1 aliphatic rings. The largest absolute Gasteiger partial charge is 0.463 e. The maximum Gasteiger partial charge on any atom is 0.316 e. The van der Waals surface area contributed by atoms with Gasteiger partial charge in [0.05, 0.1) is 29.9 Å². The lowest BCUT2D eigenvalue weighted by Crippen LogP contribution is -2.28. The number of furan rings is 1. The summed E-state index contributed by atoms with van der Waals surface area (Å²) in [6.07, 6.45) is 2.06. The number of ether oxygens (including phenoxy) is 1. The molecule has 0 saturated heterocycles. The molecule has 0 fully saturated rings. The van der Waals surface area contributed by atoms with Crippen molar-refractivity contribution in [2.24, 2.45) is 5.10 Å². The van der Waals surface area contributed by atoms with Gasteiger partial charge in [-0.05, 0) is 37.4 Å². The molecule has 26 heavy (non-hydrogen) atoms. The number of nitrogens with zero attached hydrogens (tertiary/aromatic N) is 2. The molecule has 0 bridgehead atoms. The van der Waals surface area contributed by atoms with Gasteiger partial charge in [-0.2, -0.15) is 5.10 Å². The zero-order chi connectivity index (χ0) is 18.5. The summed E-state index contributed by atoms with van der Waals surface area (Å²) in [5, 5.41) is 8.00. The predicted molar refractivity (Wildman–Crippen MR) is 102 cm³/mol. The van der Waals surface area contributed by atoms with E-state index in [1.807, 2.05) is 23.6 Å². The lowest BCUT2D eigenvalue weighted by Gasteiger charge is -2.20. The number of carbonyl (C=O) groups excluding carboxylic acids is 2. The van der Waals surface area contributed by atoms with Gasteiger partial charge in [-0.15, -0.1) is 23.1 Å². The van der Waals surface area contributed by atoms with E-state index < -0.39 is 0 Å². The van der Waals surface area contributed by atoms with Crippen LogP contribution in [0.1, 0.15) is 36.9 Å². The van der Waals surface area contributed by atoms with Gasteiger partial charge in [0.1, 0.15) is 11.5 Å². The van der Waals surface area contributed by atoms with Gasteiger partial charge in [0.2, 0.25) is 0 Å². The maximum atomic E-state index is 12.7. The monoisotopic (exact) mass is 392 g/mol. The first-order valence-corrected chi connectivity index (χ1v) is 10.3. The Morgan fingerprint density at radius 1 is 1.38 bits per heavy atom. The van der Waals surface area contributed by atoms with Crippen molar-refractivity contribution < 1.29 is 18.7 Å². The Bertz CT molecular complexity index is 769. The van der Waals surface area contributed by atoms with Gasteiger partial charge in [-0.25, -0.2) is 5.01 Å². The molecule has 3 rings (SSSR count). The van der Waals surface area contributed by atoms with Crippen molar-refractivity contribution in [3.63, 3.8) is 0 Å². The van der Waals surface area contributed by atoms with Crippen LogP contribution in [0.15, 0.2) is 45.4 Å². The zero-order valence-corrected chi connectivity index (χ0v) is 16.2. The lowest BCUT2D eigenvalue weighted by atomic mass is 10.1. The molecule has 8 heteroatoms. The molecule has 0 aromatic carbocycles. The molecule has 2 aromatic heterocycles. The molecule has 0 aliphatic carbocycles. The van der Waals surface area contributed by atoms with Crippen LogP contribution in [0.3, 0.4) is 0 Å². The fraction of sp³-hybridized carbons (Fsp3) is 0.389. The van der Waals surface area contributed by atoms with Crippen molar-refractivity contribution in [2.45, 2.75) is 32.4 Å². The summed E-state index contributed by atoms with van der Waals surface area (Å²) in [5.41, 5.74) is 0.756. The molecule has 2 aromatic rings. The van der Waals surface area contributed by atoms with Crippen LogP contribution in [0.25, 0.3) is 0 Å². The third-order valence-corrected chi connectivity index (χ3v) is 5.52. The number of thiophene rings is 1. The van der Waals surface area contributed by atoms with E-state index in [1.165, 1.54) is 16.8 Å². The minimum atomic E-state index is -0.311. The molecular formula is C18H20N2O4S2. The number of hydrogen-bond acceptors (Lipinski definition) is 7. The molecule has 3 heterocycles. The molecule has 1 amide bonds. The van der Waals surface area contributed by atoms with Crippen LogP contribution in [0, 0.1) is 0 Å². The van der Waals surface area contributed by atoms with Crippen molar-refractivity contribution in [1.82, 2.24) is 5.01 Å². The summed E-state index contributed by atoms with van der Waals surface area (Å²) in [6, 6.07) is 7.48. The van der Waals surface area contributed by atoms with Gasteiger partial charge in [0, 0.05) is 11.3 Å². The Morgan fingerprint density at radius 3 is 2.88 bits per heavy atom. The van der Waals surface area contributed by atoms with Crippen LogP contribution in [-0.4, -0.2) is 40.2 Å². The molecule has 1 aliphatic heterocycles. The molecule has 6 nitrogen and oxygen atoms in total. The van der Waals surface area contributed by atoms with Crippen LogP contribution in [0.4, 0.5) is 0 Å². The Morgan fingerprint density at radius 2 is 2.23 bits per heavy atom. The predicted octanol–water partition coefficient (Wildman–Crippen LogP) is 3.70. The molecule has 1 unspecified atom stereocenters. The summed E-state index contributed by atoms with van der Waals surface area (Å²) in [7, 11) is 0. The first-order valence-electron chi connectivity index (χ1n) is 8.28. The van der Waals surface area contributed by atoms with Crippen LogP contribution in [0.2, 0.25) is 0 Å². The molecule has 0 spiro atoms. The van der Waals surface area contributed by atoms with Crippen molar-refractivity contribution in [2.75, 3.05) is 11.5 Å². The fourth-order valence-electron chi connectivity index (χ4n) is 2.62. The van der Waals surface area contributed by atoms with Crippen molar-refractivity contribution in [1.29, 1.82) is 0 Å². The highest BCUT2D eigenvalue weighted by atomic mass is 32.2. The van der Waals surface area contributed by atoms with Crippen LogP contribution < -0.4 is 0 Å². The highest BCUT2D eigenvalue weighted by Gasteiger charge is 2.34. The smallest absolute Gasteiger partial charge is 0.316 e. The molecule has 0 saturated carbocycles. The number of carbonyl (C=O) groups is 2. The quantitative estimate of drug-likeness (QED) is 0.672. The topological polar surface area (TPSA) is 72.1 Å². The average Bonchev–Trinajstić information content (AvgIpc) is 3.33. The van der Waals surface area contributed by atoms with E-state index in [1.54, 1.807) is 37.5 Å². The van der Waals surface area contributed by atoms with Gasteiger partial charge in [0.25, 0.3) is 5.91 Å². The van der Waals surface area contributed by atoms with Crippen LogP contribution >= 0.6 is 23.1 Å². The highest BCUT2D eigenvalue weighted by molar-refractivity contribution is 8.00. The number of esters is 1. The second-order valence-corrected chi connectivity index (χ2v) is 7.99. The van der Waals surface area contributed by atoms with E-state index in [-0.39, 0.29) is 35.5 Å². The van der Waals surface area contributed by atoms with E-state index in [4.69, 9.17) is 9.15 Å². The summed E-state index contributed by atoms with van der Waals surface area (Å²) in [4.78, 5) is 25.4. The first-order chi connectivity index (χ1) is 12.5. The summed E-state index contributed by atoms with van der Waals surface area (Å²) in [6.45, 7) is 3.60. The maximum absolute atomic E-state index is 12.7. The summed E-state index contributed by atoms with van der Waals surface area (Å²) < 4.78 is 10.5. The Kier molecular flexibility index (Phi) is 6.16. The number of amides is 1. The number of rotatable bonds is 7. The SMILES string of the molecule is CC(C)OC(=O)CSCC(=O)N1N=C(c2ccco2)CC1c1cccs1. The molecule has 138 valence electrons. The first kappa shape index (κ1) is 18.7. The van der Waals surface area contributed by atoms with E-state index >= 15 is 0 Å². The van der Waals surface area contributed by atoms with Crippen molar-refractivity contribution in [3.05, 3.63) is 46.5 Å². The molecular weight excluding hydrogens is 372 g/mol. The summed E-state index contributed by atoms with van der Waals surface area (Å²) in [5.74, 6) is 0.552. The van der Waals surface area contributed by atoms with Crippen LogP contribution in [0.5, 0.6) is 0 Å². The van der Waals surface area contributed by atoms with E-state index in [9.17, 15) is 9.59 Å². The second-order valence-electron chi connectivity index (χ2n) is 6.03. The molecule has 1 atom stereocenters. The average molecular weight is 393 g/mol. The minimum Gasteiger partial charge on any atom is -0.463 e. The van der Waals surface area contributed by atoms with Gasteiger partial charge < -0.3 is 9.15 Å². The zero-order valence-electron chi connectivity index (χ0n) is 14.6. The third kappa shape index (κ3) is 4.56. The van der Waals surface area contributed by atoms with Crippen LogP contribution in [-0.2, 0) is 14.3 Å². The number of hydrazone groups is 1. The third-order valence-electron chi connectivity index (χ3n) is 3.66. The van der Waals surface area contributed by atoms with E-state index in [0.29, 0.717) is 12.2 Å². The van der Waals surface area contributed by atoms with Gasteiger partial charge in [-0.3, -0.25) is 9.59 Å². The molecule has 0 radical (unpaired) electrons. The fourth-order valence-corrected chi connectivity index (χ4v) is 4.07. The Balaban J connectivity index is 1.65.